The van der Waals surface area contributed by atoms with Crippen molar-refractivity contribution in [3.63, 3.8) is 0 Å². The Morgan fingerprint density at radius 2 is 1.73 bits per heavy atom. The average Bonchev–Trinajstić information content (AvgIpc) is 2.23. The van der Waals surface area contributed by atoms with Gasteiger partial charge in [0.05, 0.1) is 18.8 Å². The van der Waals surface area contributed by atoms with Gasteiger partial charge in [0.1, 0.15) is 12.2 Å². The summed E-state index contributed by atoms with van der Waals surface area (Å²) in [4.78, 5) is 1.68. The summed E-state index contributed by atoms with van der Waals surface area (Å²) in [6.45, 7) is 0.409. The van der Waals surface area contributed by atoms with Crippen LogP contribution in [0.1, 0.15) is 6.42 Å². The fraction of sp³-hybridized carbons (Fsp3) is 1.00. The third kappa shape index (κ3) is 2.87. The minimum Gasteiger partial charge on any atom is -0.396 e. The monoisotopic (exact) mass is 221 g/mol. The molecule has 0 bridgehead atoms. The molecule has 6 nitrogen and oxygen atoms in total. The highest BCUT2D eigenvalue weighted by Crippen LogP contribution is 2.18. The minimum absolute atomic E-state index is 0.0173. The molecule has 5 N–H and O–H groups in total. The summed E-state index contributed by atoms with van der Waals surface area (Å²) >= 11 is 0. The number of likely N-dealkylation sites (tertiary alicyclic amines) is 1. The van der Waals surface area contributed by atoms with Crippen LogP contribution in [0.25, 0.3) is 0 Å². The highest BCUT2D eigenvalue weighted by atomic mass is 16.4. The standard InChI is InChI=1S/C9H19NO5/c11-3-1-2-10-4-7(13)9(15)8(14)6(10)5-12/h6-9,11-15H,1-5H2/t6-,7-,8-,9+/m0/s1. The Labute approximate surface area is 88.4 Å². The van der Waals surface area contributed by atoms with E-state index in [0.717, 1.165) is 0 Å². The Kier molecular flexibility index (Phi) is 4.91. The van der Waals surface area contributed by atoms with Crippen LogP contribution >= 0.6 is 0 Å². The number of rotatable bonds is 4. The first-order valence-corrected chi connectivity index (χ1v) is 5.11. The Morgan fingerprint density at radius 3 is 2.27 bits per heavy atom. The van der Waals surface area contributed by atoms with Crippen molar-refractivity contribution >= 4 is 0 Å². The largest absolute Gasteiger partial charge is 0.396 e. The maximum absolute atomic E-state index is 9.60. The van der Waals surface area contributed by atoms with E-state index in [1.807, 2.05) is 0 Å². The number of hydrogen-bond acceptors (Lipinski definition) is 6. The van der Waals surface area contributed by atoms with Crippen LogP contribution in [0, 0.1) is 0 Å². The summed E-state index contributed by atoms with van der Waals surface area (Å²) in [6.07, 6.45) is -2.88. The molecule has 6 heteroatoms. The van der Waals surface area contributed by atoms with Gasteiger partial charge >= 0.3 is 0 Å². The molecule has 0 aromatic rings. The number of piperidine rings is 1. The summed E-state index contributed by atoms with van der Waals surface area (Å²) < 4.78 is 0. The molecular formula is C9H19NO5. The summed E-state index contributed by atoms with van der Waals surface area (Å²) in [5, 5.41) is 46.2. The van der Waals surface area contributed by atoms with E-state index in [0.29, 0.717) is 13.0 Å². The van der Waals surface area contributed by atoms with Crippen molar-refractivity contribution in [1.29, 1.82) is 0 Å². The van der Waals surface area contributed by atoms with Gasteiger partial charge in [-0.15, -0.1) is 0 Å². The molecule has 1 heterocycles. The molecule has 1 aliphatic heterocycles. The first-order chi connectivity index (χ1) is 7.11. The van der Waals surface area contributed by atoms with Crippen LogP contribution in [-0.2, 0) is 0 Å². The lowest BCUT2D eigenvalue weighted by atomic mass is 9.94. The van der Waals surface area contributed by atoms with Gasteiger partial charge in [0.25, 0.3) is 0 Å². The first-order valence-electron chi connectivity index (χ1n) is 5.11. The topological polar surface area (TPSA) is 104 Å². The molecule has 0 saturated carbocycles. The zero-order valence-electron chi connectivity index (χ0n) is 8.53. The SMILES string of the molecule is OCCCN1C[C@H](O)[C@@H](O)[C@@H](O)[C@@H]1CO. The van der Waals surface area contributed by atoms with Crippen LogP contribution in [0.2, 0.25) is 0 Å². The maximum Gasteiger partial charge on any atom is 0.109 e. The van der Waals surface area contributed by atoms with Gasteiger partial charge in [-0.3, -0.25) is 4.90 Å². The molecule has 0 aliphatic carbocycles. The molecule has 0 spiro atoms. The molecule has 0 aromatic heterocycles. The van der Waals surface area contributed by atoms with Crippen molar-refractivity contribution in [2.45, 2.75) is 30.8 Å². The van der Waals surface area contributed by atoms with E-state index < -0.39 is 24.4 Å². The quantitative estimate of drug-likeness (QED) is 0.349. The van der Waals surface area contributed by atoms with Gasteiger partial charge in [-0.1, -0.05) is 0 Å². The van der Waals surface area contributed by atoms with Crippen molar-refractivity contribution in [2.75, 3.05) is 26.3 Å². The molecular weight excluding hydrogens is 202 g/mol. The molecule has 1 aliphatic rings. The Hall–Kier alpha value is -0.240. The van der Waals surface area contributed by atoms with Crippen molar-refractivity contribution in [2.24, 2.45) is 0 Å². The summed E-state index contributed by atoms with van der Waals surface area (Å²) in [5.74, 6) is 0. The molecule has 4 atom stereocenters. The maximum atomic E-state index is 9.60. The molecule has 90 valence electrons. The van der Waals surface area contributed by atoms with Crippen molar-refractivity contribution in [3.8, 4) is 0 Å². The molecule has 15 heavy (non-hydrogen) atoms. The molecule has 1 rings (SSSR count). The van der Waals surface area contributed by atoms with Gasteiger partial charge in [0.15, 0.2) is 0 Å². The van der Waals surface area contributed by atoms with Crippen LogP contribution in [-0.4, -0.2) is 81.1 Å². The predicted octanol–water partition coefficient (Wildman–Crippen LogP) is -2.87. The van der Waals surface area contributed by atoms with Crippen LogP contribution < -0.4 is 0 Å². The van der Waals surface area contributed by atoms with Gasteiger partial charge < -0.3 is 25.5 Å². The number of hydrogen-bond donors (Lipinski definition) is 5. The van der Waals surface area contributed by atoms with Gasteiger partial charge in [-0.25, -0.2) is 0 Å². The number of aliphatic hydroxyl groups excluding tert-OH is 5. The second kappa shape index (κ2) is 5.74. The molecule has 0 amide bonds. The van der Waals surface area contributed by atoms with E-state index in [4.69, 9.17) is 10.2 Å². The molecule has 0 unspecified atom stereocenters. The van der Waals surface area contributed by atoms with Crippen LogP contribution in [0.5, 0.6) is 0 Å². The Morgan fingerprint density at radius 1 is 1.07 bits per heavy atom. The van der Waals surface area contributed by atoms with Crippen molar-refractivity contribution in [1.82, 2.24) is 4.90 Å². The third-order valence-corrected chi connectivity index (χ3v) is 2.82. The van der Waals surface area contributed by atoms with Gasteiger partial charge in [-0.05, 0) is 6.42 Å². The Balaban J connectivity index is 2.60. The highest BCUT2D eigenvalue weighted by Gasteiger charge is 2.40. The first kappa shape index (κ1) is 12.8. The second-order valence-electron chi connectivity index (χ2n) is 3.87. The van der Waals surface area contributed by atoms with E-state index >= 15 is 0 Å². The minimum atomic E-state index is -1.22. The lowest BCUT2D eigenvalue weighted by Crippen LogP contribution is -2.62. The lowest BCUT2D eigenvalue weighted by molar-refractivity contribution is -0.145. The number of β-amino-alcohol motifs (C(OH)–C–C–N with tert-alkyl or cyclic N) is 1. The fourth-order valence-electron chi connectivity index (χ4n) is 1.91. The van der Waals surface area contributed by atoms with Crippen molar-refractivity contribution in [3.05, 3.63) is 0 Å². The fourth-order valence-corrected chi connectivity index (χ4v) is 1.91. The van der Waals surface area contributed by atoms with E-state index in [2.05, 4.69) is 0 Å². The third-order valence-electron chi connectivity index (χ3n) is 2.82. The van der Waals surface area contributed by atoms with Gasteiger partial charge in [0.2, 0.25) is 0 Å². The molecule has 0 aromatic carbocycles. The summed E-state index contributed by atoms with van der Waals surface area (Å²) in [5.41, 5.74) is 0. The zero-order chi connectivity index (χ0) is 11.4. The number of aliphatic hydroxyl groups is 5. The van der Waals surface area contributed by atoms with Gasteiger partial charge in [0, 0.05) is 19.7 Å². The summed E-state index contributed by atoms with van der Waals surface area (Å²) in [7, 11) is 0. The molecule has 1 fully saturated rings. The van der Waals surface area contributed by atoms with Crippen LogP contribution in [0.3, 0.4) is 0 Å². The van der Waals surface area contributed by atoms with Gasteiger partial charge in [-0.2, -0.15) is 0 Å². The van der Waals surface area contributed by atoms with Crippen LogP contribution in [0.15, 0.2) is 0 Å². The second-order valence-corrected chi connectivity index (χ2v) is 3.87. The molecule has 0 radical (unpaired) electrons. The van der Waals surface area contributed by atoms with E-state index in [1.165, 1.54) is 0 Å². The Bertz CT molecular complexity index is 191. The predicted molar refractivity (Wildman–Crippen MR) is 52.2 cm³/mol. The smallest absolute Gasteiger partial charge is 0.109 e. The highest BCUT2D eigenvalue weighted by molar-refractivity contribution is 4.93. The van der Waals surface area contributed by atoms with Crippen molar-refractivity contribution < 1.29 is 25.5 Å². The van der Waals surface area contributed by atoms with E-state index in [-0.39, 0.29) is 19.8 Å². The summed E-state index contributed by atoms with van der Waals surface area (Å²) in [6, 6.07) is -0.574. The average molecular weight is 221 g/mol. The van der Waals surface area contributed by atoms with E-state index in [9.17, 15) is 15.3 Å². The zero-order valence-corrected chi connectivity index (χ0v) is 8.53. The number of nitrogens with zero attached hydrogens (tertiary/aromatic N) is 1. The van der Waals surface area contributed by atoms with E-state index in [1.54, 1.807) is 4.90 Å². The normalized spacial score (nSPS) is 38.2. The lowest BCUT2D eigenvalue weighted by Gasteiger charge is -2.43. The van der Waals surface area contributed by atoms with Crippen LogP contribution in [0.4, 0.5) is 0 Å². The molecule has 1 saturated heterocycles.